The van der Waals surface area contributed by atoms with E-state index in [1.807, 2.05) is 24.3 Å². The Bertz CT molecular complexity index is 600. The summed E-state index contributed by atoms with van der Waals surface area (Å²) in [5.41, 5.74) is 0.857. The molecule has 0 aliphatic carbocycles. The minimum Gasteiger partial charge on any atom is -0.486 e. The van der Waals surface area contributed by atoms with E-state index in [2.05, 4.69) is 4.98 Å². The Labute approximate surface area is 108 Å². The van der Waals surface area contributed by atoms with Crippen molar-refractivity contribution in [2.24, 2.45) is 0 Å². The highest BCUT2D eigenvalue weighted by molar-refractivity contribution is 7.99. The lowest BCUT2D eigenvalue weighted by Gasteiger charge is -2.18. The summed E-state index contributed by atoms with van der Waals surface area (Å²) in [6.45, 7) is 1.15. The molecular formula is C13H11NO3S. The van der Waals surface area contributed by atoms with Gasteiger partial charge in [0.25, 0.3) is 0 Å². The largest absolute Gasteiger partial charge is 0.486 e. The van der Waals surface area contributed by atoms with Gasteiger partial charge in [-0.05, 0) is 18.2 Å². The van der Waals surface area contributed by atoms with Crippen LogP contribution in [-0.2, 0) is 4.79 Å². The summed E-state index contributed by atoms with van der Waals surface area (Å²) in [5, 5.41) is 1.85. The van der Waals surface area contributed by atoms with Gasteiger partial charge in [0.05, 0.1) is 16.3 Å². The molecule has 18 heavy (non-hydrogen) atoms. The molecule has 1 aromatic carbocycles. The lowest BCUT2D eigenvalue weighted by molar-refractivity contribution is -0.105. The van der Waals surface area contributed by atoms with Crippen molar-refractivity contribution in [1.29, 1.82) is 0 Å². The molecule has 0 radical (unpaired) electrons. The Morgan fingerprint density at radius 2 is 2.00 bits per heavy atom. The molecule has 0 bridgehead atoms. The number of hydrogen-bond donors (Lipinski definition) is 0. The minimum absolute atomic E-state index is 0.420. The van der Waals surface area contributed by atoms with Gasteiger partial charge in [0.2, 0.25) is 0 Å². The Morgan fingerprint density at radius 3 is 2.78 bits per heavy atom. The second kappa shape index (κ2) is 4.86. The topological polar surface area (TPSA) is 48.4 Å². The molecule has 2 aromatic rings. The number of pyridine rings is 1. The molecule has 0 spiro atoms. The first-order valence-electron chi connectivity index (χ1n) is 5.63. The number of hydrogen-bond acceptors (Lipinski definition) is 5. The number of ether oxygens (including phenoxy) is 2. The number of nitrogens with zero attached hydrogens (tertiary/aromatic N) is 1. The summed E-state index contributed by atoms with van der Waals surface area (Å²) in [5.74, 6) is 1.92. The fourth-order valence-electron chi connectivity index (χ4n) is 1.84. The van der Waals surface area contributed by atoms with Crippen LogP contribution < -0.4 is 9.47 Å². The number of fused-ring (bicyclic) bond motifs is 2. The summed E-state index contributed by atoms with van der Waals surface area (Å²) >= 11 is 1.42. The van der Waals surface area contributed by atoms with Crippen molar-refractivity contribution in [2.45, 2.75) is 5.03 Å². The molecule has 5 heteroatoms. The van der Waals surface area contributed by atoms with Crippen LogP contribution in [0.2, 0.25) is 0 Å². The first kappa shape index (κ1) is 11.3. The molecule has 0 saturated heterocycles. The smallest absolute Gasteiger partial charge is 0.163 e. The van der Waals surface area contributed by atoms with Crippen LogP contribution in [0.25, 0.3) is 10.9 Å². The van der Waals surface area contributed by atoms with Gasteiger partial charge in [-0.1, -0.05) is 11.8 Å². The van der Waals surface area contributed by atoms with Gasteiger partial charge in [-0.2, -0.15) is 0 Å². The Hall–Kier alpha value is -1.75. The van der Waals surface area contributed by atoms with E-state index in [0.29, 0.717) is 19.0 Å². The number of benzene rings is 1. The molecule has 4 nitrogen and oxygen atoms in total. The highest BCUT2D eigenvalue weighted by Crippen LogP contribution is 2.34. The molecule has 0 fully saturated rings. The van der Waals surface area contributed by atoms with Gasteiger partial charge in [-0.25, -0.2) is 4.98 Å². The zero-order valence-corrected chi connectivity index (χ0v) is 10.4. The Kier molecular flexibility index (Phi) is 3.06. The number of aldehydes is 1. The fraction of sp³-hybridized carbons (Fsp3) is 0.231. The SMILES string of the molecule is O=CCSc1ccc2cc3c(cc2n1)OCCO3. The van der Waals surface area contributed by atoms with E-state index < -0.39 is 0 Å². The summed E-state index contributed by atoms with van der Waals surface area (Å²) in [4.78, 5) is 14.8. The highest BCUT2D eigenvalue weighted by atomic mass is 32.2. The molecule has 1 aliphatic heterocycles. The molecule has 3 rings (SSSR count). The summed E-state index contributed by atoms with van der Waals surface area (Å²) in [6, 6.07) is 7.71. The molecule has 0 saturated carbocycles. The predicted octanol–water partition coefficient (Wildman–Crippen LogP) is 2.30. The summed E-state index contributed by atoms with van der Waals surface area (Å²) < 4.78 is 11.0. The van der Waals surface area contributed by atoms with Crippen LogP contribution in [0.15, 0.2) is 29.3 Å². The summed E-state index contributed by atoms with van der Waals surface area (Å²) in [7, 11) is 0. The number of carbonyl (C=O) groups excluding carboxylic acids is 1. The molecule has 1 aliphatic rings. The number of thioether (sulfide) groups is 1. The quantitative estimate of drug-likeness (QED) is 0.626. The lowest BCUT2D eigenvalue weighted by Crippen LogP contribution is -2.15. The third-order valence-corrected chi connectivity index (χ3v) is 3.45. The highest BCUT2D eigenvalue weighted by Gasteiger charge is 2.13. The van der Waals surface area contributed by atoms with Crippen LogP contribution in [0.3, 0.4) is 0 Å². The maximum Gasteiger partial charge on any atom is 0.163 e. The second-order valence-electron chi connectivity index (χ2n) is 3.82. The van der Waals surface area contributed by atoms with E-state index in [4.69, 9.17) is 9.47 Å². The fourth-order valence-corrected chi connectivity index (χ4v) is 2.41. The van der Waals surface area contributed by atoms with E-state index in [1.165, 1.54) is 11.8 Å². The molecule has 0 unspecified atom stereocenters. The van der Waals surface area contributed by atoms with Crippen molar-refractivity contribution in [3.63, 3.8) is 0 Å². The van der Waals surface area contributed by atoms with Crippen LogP contribution in [0.4, 0.5) is 0 Å². The van der Waals surface area contributed by atoms with Gasteiger partial charge in [-0.15, -0.1) is 0 Å². The Balaban J connectivity index is 2.02. The zero-order chi connectivity index (χ0) is 12.4. The maximum atomic E-state index is 10.3. The van der Waals surface area contributed by atoms with Gasteiger partial charge in [0.1, 0.15) is 19.5 Å². The maximum absolute atomic E-state index is 10.3. The first-order valence-corrected chi connectivity index (χ1v) is 6.62. The van der Waals surface area contributed by atoms with Crippen LogP contribution in [0.1, 0.15) is 0 Å². The van der Waals surface area contributed by atoms with Crippen molar-refractivity contribution in [3.05, 3.63) is 24.3 Å². The van der Waals surface area contributed by atoms with E-state index in [9.17, 15) is 4.79 Å². The minimum atomic E-state index is 0.420. The molecule has 1 aromatic heterocycles. The van der Waals surface area contributed by atoms with E-state index in [0.717, 1.165) is 33.7 Å². The van der Waals surface area contributed by atoms with E-state index >= 15 is 0 Å². The number of aromatic nitrogens is 1. The van der Waals surface area contributed by atoms with Crippen LogP contribution in [0.5, 0.6) is 11.5 Å². The molecule has 0 atom stereocenters. The van der Waals surface area contributed by atoms with Crippen molar-refractivity contribution in [2.75, 3.05) is 19.0 Å². The van der Waals surface area contributed by atoms with Gasteiger partial charge in [-0.3, -0.25) is 0 Å². The molecule has 0 amide bonds. The average molecular weight is 261 g/mol. The third kappa shape index (κ3) is 2.13. The molecular weight excluding hydrogens is 250 g/mol. The van der Waals surface area contributed by atoms with Crippen molar-refractivity contribution >= 4 is 29.0 Å². The average Bonchev–Trinajstić information content (AvgIpc) is 2.42. The van der Waals surface area contributed by atoms with Crippen LogP contribution >= 0.6 is 11.8 Å². The standard InChI is InChI=1S/C13H11NO3S/c15-3-6-18-13-2-1-9-7-11-12(8-10(9)14-13)17-5-4-16-11/h1-3,7-8H,4-6H2. The van der Waals surface area contributed by atoms with Crippen molar-refractivity contribution in [3.8, 4) is 11.5 Å². The number of carbonyl (C=O) groups is 1. The summed E-state index contributed by atoms with van der Waals surface area (Å²) in [6.07, 6.45) is 0.875. The van der Waals surface area contributed by atoms with Gasteiger partial charge in [0, 0.05) is 11.5 Å². The third-order valence-electron chi connectivity index (χ3n) is 2.63. The Morgan fingerprint density at radius 1 is 1.22 bits per heavy atom. The van der Waals surface area contributed by atoms with Gasteiger partial charge < -0.3 is 14.3 Å². The first-order chi connectivity index (χ1) is 8.86. The predicted molar refractivity (Wildman–Crippen MR) is 69.5 cm³/mol. The van der Waals surface area contributed by atoms with Gasteiger partial charge in [0.15, 0.2) is 11.5 Å². The zero-order valence-electron chi connectivity index (χ0n) is 9.59. The molecule has 0 N–H and O–H groups in total. The number of rotatable bonds is 3. The van der Waals surface area contributed by atoms with Crippen LogP contribution in [-0.4, -0.2) is 30.2 Å². The molecule has 2 heterocycles. The van der Waals surface area contributed by atoms with E-state index in [-0.39, 0.29) is 0 Å². The lowest BCUT2D eigenvalue weighted by atomic mass is 10.2. The monoisotopic (exact) mass is 261 g/mol. The molecule has 92 valence electrons. The normalized spacial score (nSPS) is 13.6. The van der Waals surface area contributed by atoms with Gasteiger partial charge >= 0.3 is 0 Å². The van der Waals surface area contributed by atoms with Crippen molar-refractivity contribution in [1.82, 2.24) is 4.98 Å². The van der Waals surface area contributed by atoms with Crippen molar-refractivity contribution < 1.29 is 14.3 Å². The second-order valence-corrected chi connectivity index (χ2v) is 4.86. The van der Waals surface area contributed by atoms with Crippen LogP contribution in [0, 0.1) is 0 Å². The van der Waals surface area contributed by atoms with E-state index in [1.54, 1.807) is 0 Å².